The summed E-state index contributed by atoms with van der Waals surface area (Å²) in [5.74, 6) is 1.00. The first-order valence-electron chi connectivity index (χ1n) is 7.48. The summed E-state index contributed by atoms with van der Waals surface area (Å²) in [5, 5.41) is 15.3. The van der Waals surface area contributed by atoms with E-state index in [1.165, 1.54) is 4.88 Å². The Hall–Kier alpha value is -1.30. The molecule has 0 saturated carbocycles. The lowest BCUT2D eigenvalue weighted by atomic mass is 10.1. The molecule has 1 amide bonds. The second-order valence-electron chi connectivity index (χ2n) is 5.76. The highest BCUT2D eigenvalue weighted by Crippen LogP contribution is 2.40. The number of benzene rings is 1. The van der Waals surface area contributed by atoms with Gasteiger partial charge in [-0.15, -0.1) is 23.1 Å². The standard InChI is InChI=1S/C17H17NO2S2/c19-13-9-10-3-1-2-4-11(10)15(13)18-17(20)16-12-5-7-21-14(12)6-8-22-16/h1-5,7,13,15-16,19H,6,8-9H2,(H,18,20)/t13-,15+,16-/m0/s1. The van der Waals surface area contributed by atoms with Crippen LogP contribution >= 0.6 is 23.1 Å². The molecule has 1 aliphatic heterocycles. The Kier molecular flexibility index (Phi) is 3.72. The zero-order chi connectivity index (χ0) is 15.1. The molecule has 5 heteroatoms. The van der Waals surface area contributed by atoms with E-state index in [0.717, 1.165) is 28.9 Å². The SMILES string of the molecule is O=C(N[C@@H]1c2ccccc2C[C@@H]1O)[C@H]1SCCc2sccc21. The van der Waals surface area contributed by atoms with E-state index in [-0.39, 0.29) is 17.2 Å². The molecule has 2 aliphatic rings. The van der Waals surface area contributed by atoms with Gasteiger partial charge in [-0.2, -0.15) is 0 Å². The first-order valence-corrected chi connectivity index (χ1v) is 9.41. The molecule has 1 aromatic heterocycles. The summed E-state index contributed by atoms with van der Waals surface area (Å²) in [5.41, 5.74) is 3.34. The molecule has 0 saturated heterocycles. The van der Waals surface area contributed by atoms with Crippen LogP contribution in [-0.2, 0) is 17.6 Å². The van der Waals surface area contributed by atoms with Crippen molar-refractivity contribution in [3.63, 3.8) is 0 Å². The number of thioether (sulfide) groups is 1. The molecule has 114 valence electrons. The average molecular weight is 331 g/mol. The van der Waals surface area contributed by atoms with Crippen molar-refractivity contribution in [2.45, 2.75) is 30.2 Å². The van der Waals surface area contributed by atoms with Gasteiger partial charge in [0.2, 0.25) is 5.91 Å². The van der Waals surface area contributed by atoms with Crippen molar-refractivity contribution in [2.24, 2.45) is 0 Å². The third kappa shape index (κ3) is 2.37. The predicted molar refractivity (Wildman–Crippen MR) is 90.3 cm³/mol. The number of carbonyl (C=O) groups is 1. The van der Waals surface area contributed by atoms with Crippen molar-refractivity contribution in [2.75, 3.05) is 5.75 Å². The minimum Gasteiger partial charge on any atom is -0.390 e. The number of aryl methyl sites for hydroxylation is 1. The first-order chi connectivity index (χ1) is 10.7. The number of aliphatic hydroxyl groups excluding tert-OH is 1. The largest absolute Gasteiger partial charge is 0.390 e. The third-order valence-corrected chi connectivity index (χ3v) is 6.65. The second-order valence-corrected chi connectivity index (χ2v) is 7.97. The van der Waals surface area contributed by atoms with Crippen LogP contribution in [0.2, 0.25) is 0 Å². The average Bonchev–Trinajstić information content (AvgIpc) is 3.12. The number of amides is 1. The van der Waals surface area contributed by atoms with Crippen LogP contribution in [0.1, 0.15) is 32.9 Å². The minimum absolute atomic E-state index is 0.0186. The maximum absolute atomic E-state index is 12.7. The molecule has 0 unspecified atom stereocenters. The molecule has 2 aromatic rings. The monoisotopic (exact) mass is 331 g/mol. The molecule has 2 heterocycles. The highest BCUT2D eigenvalue weighted by Gasteiger charge is 2.35. The topological polar surface area (TPSA) is 49.3 Å². The van der Waals surface area contributed by atoms with Gasteiger partial charge in [0, 0.05) is 11.3 Å². The lowest BCUT2D eigenvalue weighted by molar-refractivity contribution is -0.122. The first kappa shape index (κ1) is 14.3. The van der Waals surface area contributed by atoms with Crippen LogP contribution < -0.4 is 5.32 Å². The molecule has 0 spiro atoms. The van der Waals surface area contributed by atoms with Crippen molar-refractivity contribution in [1.29, 1.82) is 0 Å². The van der Waals surface area contributed by atoms with E-state index in [0.29, 0.717) is 6.42 Å². The maximum atomic E-state index is 12.7. The lowest BCUT2D eigenvalue weighted by Crippen LogP contribution is -2.37. The lowest BCUT2D eigenvalue weighted by Gasteiger charge is -2.25. The fraction of sp³-hybridized carbons (Fsp3) is 0.353. The number of fused-ring (bicyclic) bond motifs is 2. The molecule has 1 aliphatic carbocycles. The normalized spacial score (nSPS) is 26.3. The van der Waals surface area contributed by atoms with E-state index < -0.39 is 6.10 Å². The zero-order valence-electron chi connectivity index (χ0n) is 12.0. The van der Waals surface area contributed by atoms with Crippen molar-refractivity contribution in [1.82, 2.24) is 5.32 Å². The highest BCUT2D eigenvalue weighted by atomic mass is 32.2. The predicted octanol–water partition coefficient (Wildman–Crippen LogP) is 2.85. The Morgan fingerprint density at radius 3 is 3.00 bits per heavy atom. The summed E-state index contributed by atoms with van der Waals surface area (Å²) in [7, 11) is 0. The molecule has 0 bridgehead atoms. The van der Waals surface area contributed by atoms with Gasteiger partial charge in [-0.3, -0.25) is 4.79 Å². The van der Waals surface area contributed by atoms with Gasteiger partial charge in [0.05, 0.1) is 12.1 Å². The van der Waals surface area contributed by atoms with Gasteiger partial charge < -0.3 is 10.4 Å². The van der Waals surface area contributed by atoms with Gasteiger partial charge in [0.15, 0.2) is 0 Å². The van der Waals surface area contributed by atoms with Crippen molar-refractivity contribution in [3.8, 4) is 0 Å². The molecule has 3 nitrogen and oxygen atoms in total. The smallest absolute Gasteiger partial charge is 0.238 e. The summed E-state index contributed by atoms with van der Waals surface area (Å²) < 4.78 is 0. The fourth-order valence-electron chi connectivity index (χ4n) is 3.34. The molecule has 1 aromatic carbocycles. The van der Waals surface area contributed by atoms with Gasteiger partial charge >= 0.3 is 0 Å². The Bertz CT molecular complexity index is 712. The van der Waals surface area contributed by atoms with Gasteiger partial charge in [0.25, 0.3) is 0 Å². The molecular weight excluding hydrogens is 314 g/mol. The molecule has 0 fully saturated rings. The van der Waals surface area contributed by atoms with Crippen LogP contribution in [0.25, 0.3) is 0 Å². The van der Waals surface area contributed by atoms with E-state index in [1.807, 2.05) is 24.3 Å². The van der Waals surface area contributed by atoms with E-state index in [9.17, 15) is 9.90 Å². The summed E-state index contributed by atoms with van der Waals surface area (Å²) in [6, 6.07) is 9.74. The minimum atomic E-state index is -0.531. The van der Waals surface area contributed by atoms with Crippen LogP contribution in [0.5, 0.6) is 0 Å². The molecule has 4 rings (SSSR count). The van der Waals surface area contributed by atoms with Gasteiger partial charge in [-0.05, 0) is 40.3 Å². The number of hydrogen-bond donors (Lipinski definition) is 2. The van der Waals surface area contributed by atoms with Gasteiger partial charge in [0.1, 0.15) is 5.25 Å². The molecule has 22 heavy (non-hydrogen) atoms. The maximum Gasteiger partial charge on any atom is 0.238 e. The Morgan fingerprint density at radius 1 is 1.23 bits per heavy atom. The summed E-state index contributed by atoms with van der Waals surface area (Å²) in [6.07, 6.45) is 1.13. The number of carbonyl (C=O) groups excluding carboxylic acids is 1. The van der Waals surface area contributed by atoms with Crippen LogP contribution in [0.4, 0.5) is 0 Å². The number of aliphatic hydroxyl groups is 1. The van der Waals surface area contributed by atoms with E-state index in [2.05, 4.69) is 16.8 Å². The summed E-state index contributed by atoms with van der Waals surface area (Å²) >= 11 is 3.43. The fourth-order valence-corrected chi connectivity index (χ4v) is 5.64. The summed E-state index contributed by atoms with van der Waals surface area (Å²) in [4.78, 5) is 14.1. The third-order valence-electron chi connectivity index (χ3n) is 4.42. The quantitative estimate of drug-likeness (QED) is 0.890. The zero-order valence-corrected chi connectivity index (χ0v) is 13.6. The number of nitrogens with one attached hydrogen (secondary N) is 1. The van der Waals surface area contributed by atoms with Crippen LogP contribution in [-0.4, -0.2) is 22.9 Å². The van der Waals surface area contributed by atoms with E-state index >= 15 is 0 Å². The Labute approximate surface area is 137 Å². The molecule has 3 atom stereocenters. The highest BCUT2D eigenvalue weighted by molar-refractivity contribution is 8.00. The van der Waals surface area contributed by atoms with Crippen molar-refractivity contribution >= 4 is 29.0 Å². The number of rotatable bonds is 2. The summed E-state index contributed by atoms with van der Waals surface area (Å²) in [6.45, 7) is 0. The van der Waals surface area contributed by atoms with Crippen molar-refractivity contribution in [3.05, 3.63) is 57.3 Å². The number of hydrogen-bond acceptors (Lipinski definition) is 4. The van der Waals surface area contributed by atoms with E-state index in [1.54, 1.807) is 23.1 Å². The van der Waals surface area contributed by atoms with E-state index in [4.69, 9.17) is 0 Å². The van der Waals surface area contributed by atoms with Crippen LogP contribution in [0.15, 0.2) is 35.7 Å². The molecular formula is C17H17NO2S2. The molecule has 2 N–H and O–H groups in total. The Morgan fingerprint density at radius 2 is 2.09 bits per heavy atom. The van der Waals surface area contributed by atoms with Crippen molar-refractivity contribution < 1.29 is 9.90 Å². The Balaban J connectivity index is 1.56. The molecule has 0 radical (unpaired) electrons. The number of thiophene rings is 1. The van der Waals surface area contributed by atoms with Crippen LogP contribution in [0, 0.1) is 0 Å². The van der Waals surface area contributed by atoms with Gasteiger partial charge in [-0.25, -0.2) is 0 Å². The van der Waals surface area contributed by atoms with Gasteiger partial charge in [-0.1, -0.05) is 24.3 Å². The van der Waals surface area contributed by atoms with Crippen LogP contribution in [0.3, 0.4) is 0 Å². The second kappa shape index (κ2) is 5.72.